The smallest absolute Gasteiger partial charge is 0.358 e. The van der Waals surface area contributed by atoms with E-state index in [4.69, 9.17) is 4.74 Å². The maximum atomic E-state index is 11.8. The van der Waals surface area contributed by atoms with Crippen LogP contribution in [0.15, 0.2) is 18.2 Å². The third-order valence-electron chi connectivity index (χ3n) is 3.10. The van der Waals surface area contributed by atoms with E-state index in [-0.39, 0.29) is 5.97 Å². The van der Waals surface area contributed by atoms with E-state index in [1.807, 2.05) is 19.1 Å². The summed E-state index contributed by atoms with van der Waals surface area (Å²) >= 11 is 1.53. The topological polar surface area (TPSA) is 39.2 Å². The van der Waals surface area contributed by atoms with Crippen LogP contribution in [0.3, 0.4) is 0 Å². The summed E-state index contributed by atoms with van der Waals surface area (Å²) in [5.74, 6) is -0.340. The lowest BCUT2D eigenvalue weighted by Crippen LogP contribution is -2.06. The number of carbonyl (C=O) groups excluding carboxylic acids is 1. The number of carbonyl (C=O) groups is 1. The van der Waals surface area contributed by atoms with E-state index in [1.165, 1.54) is 22.5 Å². The van der Waals surface area contributed by atoms with Crippen LogP contribution >= 0.6 is 11.3 Å². The van der Waals surface area contributed by atoms with Crippen molar-refractivity contribution in [1.82, 2.24) is 4.98 Å². The Balaban J connectivity index is 2.45. The summed E-state index contributed by atoms with van der Waals surface area (Å²) in [7, 11) is 0. The molecule has 0 saturated heterocycles. The van der Waals surface area contributed by atoms with Gasteiger partial charge >= 0.3 is 5.97 Å². The van der Waals surface area contributed by atoms with E-state index in [2.05, 4.69) is 24.9 Å². The van der Waals surface area contributed by atoms with Gasteiger partial charge in [-0.05, 0) is 38.8 Å². The summed E-state index contributed by atoms with van der Waals surface area (Å²) in [4.78, 5) is 17.1. The second kappa shape index (κ2) is 5.53. The number of nitrogens with zero attached hydrogens (tertiary/aromatic N) is 1. The van der Waals surface area contributed by atoms with Crippen LogP contribution in [0, 0.1) is 20.8 Å². The zero-order valence-electron chi connectivity index (χ0n) is 11.6. The lowest BCUT2D eigenvalue weighted by molar-refractivity contribution is 0.0519. The third-order valence-corrected chi connectivity index (χ3v) is 4.10. The molecule has 3 nitrogen and oxygen atoms in total. The van der Waals surface area contributed by atoms with Crippen LogP contribution in [0.4, 0.5) is 0 Å². The van der Waals surface area contributed by atoms with Crippen molar-refractivity contribution < 1.29 is 9.53 Å². The van der Waals surface area contributed by atoms with Crippen LogP contribution in [0.2, 0.25) is 0 Å². The molecule has 19 heavy (non-hydrogen) atoms. The van der Waals surface area contributed by atoms with E-state index in [1.54, 1.807) is 6.92 Å². The second-order valence-corrected chi connectivity index (χ2v) is 5.59. The van der Waals surface area contributed by atoms with Gasteiger partial charge in [-0.1, -0.05) is 18.2 Å². The van der Waals surface area contributed by atoms with Gasteiger partial charge < -0.3 is 4.74 Å². The number of thiazole rings is 1. The van der Waals surface area contributed by atoms with Gasteiger partial charge in [0.25, 0.3) is 0 Å². The Kier molecular flexibility index (Phi) is 4.00. The number of esters is 1. The van der Waals surface area contributed by atoms with Crippen molar-refractivity contribution >= 4 is 17.3 Å². The quantitative estimate of drug-likeness (QED) is 0.797. The Morgan fingerprint density at radius 2 is 2.05 bits per heavy atom. The molecule has 100 valence electrons. The molecule has 0 spiro atoms. The minimum absolute atomic E-state index is 0.340. The van der Waals surface area contributed by atoms with Crippen LogP contribution in [-0.2, 0) is 4.74 Å². The second-order valence-electron chi connectivity index (χ2n) is 4.39. The summed E-state index contributed by atoms with van der Waals surface area (Å²) < 4.78 is 5.02. The number of aromatic nitrogens is 1. The highest BCUT2D eigenvalue weighted by Crippen LogP contribution is 2.31. The molecular formula is C15H17NO2S. The maximum absolute atomic E-state index is 11.8. The fourth-order valence-electron chi connectivity index (χ4n) is 1.88. The molecule has 0 atom stereocenters. The number of hydrogen-bond donors (Lipinski definition) is 0. The molecule has 1 aromatic heterocycles. The highest BCUT2D eigenvalue weighted by Gasteiger charge is 2.18. The van der Waals surface area contributed by atoms with E-state index in [0.717, 1.165) is 15.4 Å². The zero-order chi connectivity index (χ0) is 14.0. The summed E-state index contributed by atoms with van der Waals surface area (Å²) in [6, 6.07) is 6.12. The van der Waals surface area contributed by atoms with Crippen LogP contribution in [-0.4, -0.2) is 17.6 Å². The predicted octanol–water partition coefficient (Wildman–Crippen LogP) is 3.91. The Morgan fingerprint density at radius 3 is 2.74 bits per heavy atom. The minimum Gasteiger partial charge on any atom is -0.461 e. The van der Waals surface area contributed by atoms with E-state index in [0.29, 0.717) is 12.3 Å². The van der Waals surface area contributed by atoms with Crippen LogP contribution < -0.4 is 0 Å². The molecule has 1 heterocycles. The van der Waals surface area contributed by atoms with Gasteiger partial charge in [-0.25, -0.2) is 9.78 Å². The lowest BCUT2D eigenvalue weighted by Gasteiger charge is -2.04. The fourth-order valence-corrected chi connectivity index (χ4v) is 2.87. The van der Waals surface area contributed by atoms with Crippen molar-refractivity contribution in [2.75, 3.05) is 6.61 Å². The molecule has 0 radical (unpaired) electrons. The standard InChI is InChI=1S/C15H17NO2S/c1-5-18-15(17)13-11(4)19-14(16-13)12-8-6-7-9(2)10(12)3/h6-8H,5H2,1-4H3. The normalized spacial score (nSPS) is 10.5. The summed E-state index contributed by atoms with van der Waals surface area (Å²) in [5.41, 5.74) is 3.95. The number of hydrogen-bond acceptors (Lipinski definition) is 4. The van der Waals surface area contributed by atoms with E-state index < -0.39 is 0 Å². The first-order valence-electron chi connectivity index (χ1n) is 6.25. The summed E-state index contributed by atoms with van der Waals surface area (Å²) in [6.07, 6.45) is 0. The van der Waals surface area contributed by atoms with Gasteiger partial charge in [-0.15, -0.1) is 11.3 Å². The molecule has 2 aromatic rings. The highest BCUT2D eigenvalue weighted by atomic mass is 32.1. The molecule has 0 amide bonds. The van der Waals surface area contributed by atoms with Gasteiger partial charge in [0.15, 0.2) is 5.69 Å². The molecule has 1 aromatic carbocycles. The first-order chi connectivity index (χ1) is 9.04. The SMILES string of the molecule is CCOC(=O)c1nc(-c2cccc(C)c2C)sc1C. The first kappa shape index (κ1) is 13.7. The Labute approximate surface area is 117 Å². The van der Waals surface area contributed by atoms with Crippen molar-refractivity contribution in [3.05, 3.63) is 39.9 Å². The number of ether oxygens (including phenoxy) is 1. The predicted molar refractivity (Wildman–Crippen MR) is 77.7 cm³/mol. The van der Waals surface area contributed by atoms with Crippen molar-refractivity contribution in [3.63, 3.8) is 0 Å². The fraction of sp³-hybridized carbons (Fsp3) is 0.333. The van der Waals surface area contributed by atoms with Gasteiger partial charge in [-0.3, -0.25) is 0 Å². The monoisotopic (exact) mass is 275 g/mol. The number of aryl methyl sites for hydroxylation is 2. The largest absolute Gasteiger partial charge is 0.461 e. The van der Waals surface area contributed by atoms with Crippen molar-refractivity contribution in [2.24, 2.45) is 0 Å². The minimum atomic E-state index is -0.340. The van der Waals surface area contributed by atoms with Crippen molar-refractivity contribution in [1.29, 1.82) is 0 Å². The highest BCUT2D eigenvalue weighted by molar-refractivity contribution is 7.15. The average Bonchev–Trinajstić information content (AvgIpc) is 2.75. The summed E-state index contributed by atoms with van der Waals surface area (Å²) in [6.45, 7) is 8.22. The van der Waals surface area contributed by atoms with Gasteiger partial charge in [0.2, 0.25) is 0 Å². The number of benzene rings is 1. The molecule has 4 heteroatoms. The summed E-state index contributed by atoms with van der Waals surface area (Å²) in [5, 5.41) is 0.877. The van der Waals surface area contributed by atoms with Gasteiger partial charge in [-0.2, -0.15) is 0 Å². The molecule has 0 N–H and O–H groups in total. The Morgan fingerprint density at radius 1 is 1.32 bits per heavy atom. The van der Waals surface area contributed by atoms with Crippen LogP contribution in [0.1, 0.15) is 33.4 Å². The van der Waals surface area contributed by atoms with Crippen LogP contribution in [0.5, 0.6) is 0 Å². The van der Waals surface area contributed by atoms with Crippen LogP contribution in [0.25, 0.3) is 10.6 Å². The van der Waals surface area contributed by atoms with E-state index >= 15 is 0 Å². The molecule has 0 saturated carbocycles. The van der Waals surface area contributed by atoms with Crippen molar-refractivity contribution in [2.45, 2.75) is 27.7 Å². The molecule has 2 rings (SSSR count). The molecular weight excluding hydrogens is 258 g/mol. The average molecular weight is 275 g/mol. The van der Waals surface area contributed by atoms with E-state index in [9.17, 15) is 4.79 Å². The van der Waals surface area contributed by atoms with Crippen molar-refractivity contribution in [3.8, 4) is 10.6 Å². The molecule has 0 fully saturated rings. The Hall–Kier alpha value is -1.68. The molecule has 0 aliphatic rings. The molecule has 0 bridgehead atoms. The van der Waals surface area contributed by atoms with Gasteiger partial charge in [0, 0.05) is 10.4 Å². The number of rotatable bonds is 3. The van der Waals surface area contributed by atoms with Gasteiger partial charge in [0.1, 0.15) is 5.01 Å². The molecule has 0 unspecified atom stereocenters. The lowest BCUT2D eigenvalue weighted by atomic mass is 10.0. The zero-order valence-corrected chi connectivity index (χ0v) is 12.4. The first-order valence-corrected chi connectivity index (χ1v) is 7.07. The molecule has 0 aliphatic carbocycles. The molecule has 0 aliphatic heterocycles. The third kappa shape index (κ3) is 2.68. The Bertz CT molecular complexity index is 617. The maximum Gasteiger partial charge on any atom is 0.358 e. The van der Waals surface area contributed by atoms with Gasteiger partial charge in [0.05, 0.1) is 6.61 Å².